The molecule has 0 aliphatic carbocycles. The van der Waals surface area contributed by atoms with E-state index in [0.29, 0.717) is 0 Å². The summed E-state index contributed by atoms with van der Waals surface area (Å²) in [5, 5.41) is 0. The van der Waals surface area contributed by atoms with Crippen LogP contribution in [-0.4, -0.2) is 44.9 Å². The van der Waals surface area contributed by atoms with E-state index in [1.807, 2.05) is 43.4 Å². The van der Waals surface area contributed by atoms with Crippen molar-refractivity contribution < 1.29 is 73.2 Å². The van der Waals surface area contributed by atoms with E-state index in [1.54, 1.807) is 32.4 Å². The van der Waals surface area contributed by atoms with Gasteiger partial charge in [0.1, 0.15) is 24.8 Å². The maximum Gasteiger partial charge on any atom is 1.00 e. The topological polar surface area (TPSA) is 67.8 Å². The molecule has 0 atom stereocenters. The van der Waals surface area contributed by atoms with Crippen molar-refractivity contribution in [3.05, 3.63) is 138 Å². The van der Waals surface area contributed by atoms with E-state index in [2.05, 4.69) is 105 Å². The van der Waals surface area contributed by atoms with E-state index in [1.165, 1.54) is 33.8 Å². The summed E-state index contributed by atoms with van der Waals surface area (Å²) in [4.78, 5) is 12.7. The van der Waals surface area contributed by atoms with Gasteiger partial charge in [-0.1, -0.05) is 68.5 Å². The number of methoxy groups -OCH3 is 2. The fourth-order valence-electron chi connectivity index (χ4n) is 6.34. The van der Waals surface area contributed by atoms with E-state index < -0.39 is 0 Å². The van der Waals surface area contributed by atoms with Crippen LogP contribution in [0, 0.1) is 0 Å². The summed E-state index contributed by atoms with van der Waals surface area (Å²) < 4.78 is 12.4. The minimum atomic E-state index is -0.0771. The molecule has 0 saturated heterocycles. The van der Waals surface area contributed by atoms with Crippen molar-refractivity contribution in [3.8, 4) is 11.5 Å². The molecule has 2 heterocycles. The molecule has 4 aromatic rings. The minimum absolute atomic E-state index is 0. The number of carbonyl (C=O) groups excluding carboxylic acids is 1. The molecule has 0 bridgehead atoms. The molecular weight excluding hydrogens is 676 g/mol. The zero-order valence-electron chi connectivity index (χ0n) is 30.7. The molecule has 0 amide bonds. The molecule has 4 aromatic carbocycles. The van der Waals surface area contributed by atoms with Crippen LogP contribution in [0.1, 0.15) is 44.4 Å². The molecule has 2 aliphatic heterocycles. The number of nitrogens with zero attached hydrogens (tertiary/aromatic N) is 2. The molecule has 9 heteroatoms. The number of para-hydroxylation sites is 2. The summed E-state index contributed by atoms with van der Waals surface area (Å²) in [6, 6.07) is 32.5. The van der Waals surface area contributed by atoms with Crippen molar-refractivity contribution in [2.45, 2.75) is 44.9 Å². The molecule has 6 rings (SSSR count). The molecular formula is C41H48Cl2N3NaO3. The second-order valence-electron chi connectivity index (χ2n) is 12.7. The predicted molar refractivity (Wildman–Crippen MR) is 196 cm³/mol. The molecule has 0 unspecified atom stereocenters. The van der Waals surface area contributed by atoms with Crippen LogP contribution in [0.25, 0.3) is 0 Å². The predicted octanol–water partition coefficient (Wildman–Crippen LogP) is -0.714. The van der Waals surface area contributed by atoms with Crippen LogP contribution in [0.5, 0.6) is 11.5 Å². The van der Waals surface area contributed by atoms with Gasteiger partial charge in [0, 0.05) is 47.2 Å². The SMILES string of the molecule is CN1/C(=C\C=O)C(C)(C)c2ccccc21.COc1ccc(C/C=C/C2=[N+](C)c3ccccc3C2(C)C)cc1.COc1ccc(N)cc1.[Cl-].[Cl-].[Na+]. The van der Waals surface area contributed by atoms with Crippen LogP contribution >= 0.6 is 0 Å². The first-order valence-corrected chi connectivity index (χ1v) is 15.8. The smallest absolute Gasteiger partial charge is 1.00 e. The van der Waals surface area contributed by atoms with Crippen molar-refractivity contribution in [2.24, 2.45) is 0 Å². The molecule has 2 N–H and O–H groups in total. The number of nitrogens with two attached hydrogens (primary N) is 1. The summed E-state index contributed by atoms with van der Waals surface area (Å²) >= 11 is 0. The number of hydrogen-bond donors (Lipinski definition) is 1. The summed E-state index contributed by atoms with van der Waals surface area (Å²) in [7, 11) is 7.48. The first-order valence-electron chi connectivity index (χ1n) is 15.8. The molecule has 0 aromatic heterocycles. The van der Waals surface area contributed by atoms with Crippen molar-refractivity contribution in [2.75, 3.05) is 38.9 Å². The largest absolute Gasteiger partial charge is 1.00 e. The second-order valence-corrected chi connectivity index (χ2v) is 12.7. The van der Waals surface area contributed by atoms with E-state index in [9.17, 15) is 4.79 Å². The van der Waals surface area contributed by atoms with Crippen molar-refractivity contribution >= 4 is 29.1 Å². The van der Waals surface area contributed by atoms with Crippen LogP contribution in [0.4, 0.5) is 17.1 Å². The number of allylic oxidation sites excluding steroid dienone is 4. The van der Waals surface area contributed by atoms with Gasteiger partial charge in [-0.05, 0) is 79.9 Å². The van der Waals surface area contributed by atoms with Gasteiger partial charge in [-0.15, -0.1) is 0 Å². The van der Waals surface area contributed by atoms with Crippen molar-refractivity contribution in [1.82, 2.24) is 0 Å². The van der Waals surface area contributed by atoms with Crippen LogP contribution < -0.4 is 74.5 Å². The van der Waals surface area contributed by atoms with Gasteiger partial charge in [0.2, 0.25) is 5.69 Å². The van der Waals surface area contributed by atoms with E-state index in [4.69, 9.17) is 15.2 Å². The number of aldehydes is 1. The Morgan fingerprint density at radius 1 is 0.760 bits per heavy atom. The number of carbonyl (C=O) groups is 1. The Morgan fingerprint density at radius 2 is 1.28 bits per heavy atom. The number of hydrogen-bond acceptors (Lipinski definition) is 5. The van der Waals surface area contributed by atoms with Gasteiger partial charge in [-0.25, -0.2) is 0 Å². The van der Waals surface area contributed by atoms with Crippen molar-refractivity contribution in [3.63, 3.8) is 0 Å². The summed E-state index contributed by atoms with van der Waals surface area (Å²) in [6.07, 6.45) is 7.96. The van der Waals surface area contributed by atoms with Crippen LogP contribution in [0.3, 0.4) is 0 Å². The third-order valence-electron chi connectivity index (χ3n) is 9.01. The fourth-order valence-corrected chi connectivity index (χ4v) is 6.34. The maximum absolute atomic E-state index is 10.6. The molecule has 6 nitrogen and oxygen atoms in total. The second kappa shape index (κ2) is 19.8. The van der Waals surface area contributed by atoms with Gasteiger partial charge < -0.3 is 44.9 Å². The van der Waals surface area contributed by atoms with Gasteiger partial charge in [0.05, 0.1) is 19.6 Å². The first-order chi connectivity index (χ1) is 22.4. The molecule has 2 aliphatic rings. The molecule has 0 spiro atoms. The van der Waals surface area contributed by atoms with Gasteiger partial charge in [0.15, 0.2) is 5.71 Å². The number of halogens is 2. The Balaban J connectivity index is 0.000000401. The summed E-state index contributed by atoms with van der Waals surface area (Å²) in [6.45, 7) is 8.88. The molecule has 260 valence electrons. The quantitative estimate of drug-likeness (QED) is 0.0937. The minimum Gasteiger partial charge on any atom is -1.00 e. The number of nitrogen functional groups attached to an aromatic ring is 1. The number of fused-ring (bicyclic) bond motifs is 2. The number of rotatable bonds is 6. The van der Waals surface area contributed by atoms with Crippen LogP contribution in [0.2, 0.25) is 0 Å². The Morgan fingerprint density at radius 3 is 1.80 bits per heavy atom. The van der Waals surface area contributed by atoms with Gasteiger partial charge in [-0.2, -0.15) is 4.58 Å². The Labute approximate surface area is 333 Å². The Kier molecular flexibility index (Phi) is 17.6. The third kappa shape index (κ3) is 10.0. The molecule has 50 heavy (non-hydrogen) atoms. The van der Waals surface area contributed by atoms with E-state index in [0.717, 1.165) is 35.6 Å². The molecule has 0 saturated carbocycles. The zero-order chi connectivity index (χ0) is 34.2. The normalized spacial score (nSPS) is 15.1. The average Bonchev–Trinajstić information content (AvgIpc) is 3.40. The van der Waals surface area contributed by atoms with Crippen LogP contribution in [-0.2, 0) is 22.0 Å². The summed E-state index contributed by atoms with van der Waals surface area (Å²) in [5.74, 6) is 1.74. The number of ether oxygens (including phenoxy) is 2. The monoisotopic (exact) mass is 723 g/mol. The number of anilines is 2. The van der Waals surface area contributed by atoms with Crippen molar-refractivity contribution in [1.29, 1.82) is 0 Å². The van der Waals surface area contributed by atoms with Gasteiger partial charge in [-0.3, -0.25) is 4.79 Å². The summed E-state index contributed by atoms with van der Waals surface area (Å²) in [5.41, 5.74) is 15.0. The fraction of sp³-hybridized carbons (Fsp3) is 0.268. The van der Waals surface area contributed by atoms with Gasteiger partial charge >= 0.3 is 29.6 Å². The van der Waals surface area contributed by atoms with Gasteiger partial charge in [0.25, 0.3) is 0 Å². The van der Waals surface area contributed by atoms with Crippen LogP contribution in [0.15, 0.2) is 121 Å². The average molecular weight is 725 g/mol. The maximum atomic E-state index is 10.6. The van der Waals surface area contributed by atoms with E-state index >= 15 is 0 Å². The number of likely N-dealkylation sites (N-methyl/N-ethyl adjacent to an activating group) is 1. The third-order valence-corrected chi connectivity index (χ3v) is 9.01. The molecule has 0 radical (unpaired) electrons. The van der Waals surface area contributed by atoms with E-state index in [-0.39, 0.29) is 65.2 Å². The zero-order valence-corrected chi connectivity index (χ0v) is 34.2. The standard InChI is InChI=1S/C21H24NO.C13H15NO.C7H9NO.2ClH.Na/c1-21(2)18-9-5-6-10-19(18)22(3)20(21)11-7-8-16-12-14-17(23-4)15-13-16;1-13(2)10-6-4-5-7-11(10)14(3)12(13)8-9-15;1-9-7-4-2-6(8)3-5-7;;;/h5-7,9-15H,8H2,1-4H3;4-9H,1-3H3;2-5H,8H2,1H3;2*1H;/q+1;;;;;+1/p-2/b11-7+;12-8-;;;;. The Bertz CT molecular complexity index is 1780. The first kappa shape index (κ1) is 44.5. The number of benzene rings is 4. The Hall–Kier alpha value is -3.52. The molecule has 0 fully saturated rings.